The Morgan fingerprint density at radius 1 is 1.00 bits per heavy atom. The molecule has 5 nitrogen and oxygen atoms in total. The molecule has 0 aliphatic carbocycles. The first kappa shape index (κ1) is 21.2. The van der Waals surface area contributed by atoms with Crippen LogP contribution in [0.15, 0.2) is 82.1 Å². The molecule has 0 radical (unpaired) electrons. The largest absolute Gasteiger partial charge is 0.496 e. The van der Waals surface area contributed by atoms with Crippen LogP contribution in [-0.2, 0) is 16.3 Å². The molecule has 31 heavy (non-hydrogen) atoms. The highest BCUT2D eigenvalue weighted by atomic mass is 35.5. The Bertz CT molecular complexity index is 1310. The van der Waals surface area contributed by atoms with Crippen LogP contribution in [-0.4, -0.2) is 26.8 Å². The summed E-state index contributed by atoms with van der Waals surface area (Å²) >= 11 is 6.13. The van der Waals surface area contributed by atoms with Crippen molar-refractivity contribution in [1.29, 1.82) is 0 Å². The van der Waals surface area contributed by atoms with Gasteiger partial charge < -0.3 is 9.15 Å². The molecule has 4 rings (SSSR count). The Balaban J connectivity index is 1.84. The zero-order valence-electron chi connectivity index (χ0n) is 17.0. The molecular formula is C24H20ClNO4S. The van der Waals surface area contributed by atoms with Gasteiger partial charge in [-0.15, -0.1) is 0 Å². The molecule has 0 aliphatic rings. The first-order valence-corrected chi connectivity index (χ1v) is 11.8. The number of hydrogen-bond acceptors (Lipinski definition) is 5. The van der Waals surface area contributed by atoms with Gasteiger partial charge in [-0.3, -0.25) is 0 Å². The summed E-state index contributed by atoms with van der Waals surface area (Å²) < 4.78 is 35.4. The number of sulfone groups is 1. The van der Waals surface area contributed by atoms with Crippen LogP contribution in [0.2, 0.25) is 5.02 Å². The number of ether oxygens (including phenoxy) is 1. The van der Waals surface area contributed by atoms with Crippen molar-refractivity contribution in [3.05, 3.63) is 89.3 Å². The number of benzene rings is 3. The van der Waals surface area contributed by atoms with Crippen molar-refractivity contribution in [2.75, 3.05) is 13.4 Å². The van der Waals surface area contributed by atoms with Gasteiger partial charge in [-0.25, -0.2) is 13.4 Å². The Labute approximate surface area is 186 Å². The maximum atomic E-state index is 11.8. The molecule has 0 atom stereocenters. The maximum absolute atomic E-state index is 11.8. The molecule has 0 saturated heterocycles. The van der Waals surface area contributed by atoms with Gasteiger partial charge >= 0.3 is 0 Å². The zero-order chi connectivity index (χ0) is 22.0. The van der Waals surface area contributed by atoms with Crippen molar-refractivity contribution in [2.45, 2.75) is 11.3 Å². The number of aromatic nitrogens is 1. The number of oxazole rings is 1. The molecular weight excluding hydrogens is 434 g/mol. The van der Waals surface area contributed by atoms with Crippen molar-refractivity contribution in [3.63, 3.8) is 0 Å². The fourth-order valence-electron chi connectivity index (χ4n) is 3.30. The summed E-state index contributed by atoms with van der Waals surface area (Å²) in [4.78, 5) is 4.98. The van der Waals surface area contributed by atoms with Crippen LogP contribution < -0.4 is 4.74 Å². The van der Waals surface area contributed by atoms with E-state index < -0.39 is 9.84 Å². The smallest absolute Gasteiger partial charge is 0.199 e. The molecule has 0 spiro atoms. The van der Waals surface area contributed by atoms with Gasteiger partial charge in [0.15, 0.2) is 21.5 Å². The van der Waals surface area contributed by atoms with Gasteiger partial charge in [-0.05, 0) is 35.9 Å². The fraction of sp³-hybridized carbons (Fsp3) is 0.125. The third-order valence-corrected chi connectivity index (χ3v) is 6.20. The van der Waals surface area contributed by atoms with Crippen LogP contribution in [0.1, 0.15) is 11.5 Å². The Kier molecular flexibility index (Phi) is 5.85. The van der Waals surface area contributed by atoms with Crippen LogP contribution in [0.5, 0.6) is 5.75 Å². The third-order valence-electron chi connectivity index (χ3n) is 4.83. The third kappa shape index (κ3) is 4.65. The lowest BCUT2D eigenvalue weighted by molar-refractivity contribution is 0.414. The average molecular weight is 454 g/mol. The van der Waals surface area contributed by atoms with Crippen LogP contribution in [0.4, 0.5) is 0 Å². The molecule has 0 bridgehead atoms. The van der Waals surface area contributed by atoms with Crippen LogP contribution in [0.3, 0.4) is 0 Å². The molecule has 4 aromatic rings. The number of nitrogens with zero attached hydrogens (tertiary/aromatic N) is 1. The average Bonchev–Trinajstić information content (AvgIpc) is 3.17. The van der Waals surface area contributed by atoms with Crippen LogP contribution >= 0.6 is 11.6 Å². The van der Waals surface area contributed by atoms with Crippen molar-refractivity contribution in [1.82, 2.24) is 4.98 Å². The molecule has 0 fully saturated rings. The second kappa shape index (κ2) is 8.57. The van der Waals surface area contributed by atoms with Gasteiger partial charge in [-0.2, -0.15) is 0 Å². The number of halogens is 1. The van der Waals surface area contributed by atoms with Crippen molar-refractivity contribution in [3.8, 4) is 28.3 Å². The molecule has 7 heteroatoms. The molecule has 3 aromatic carbocycles. The zero-order valence-corrected chi connectivity index (χ0v) is 18.6. The van der Waals surface area contributed by atoms with E-state index in [2.05, 4.69) is 0 Å². The lowest BCUT2D eigenvalue weighted by Crippen LogP contribution is -1.96. The predicted molar refractivity (Wildman–Crippen MR) is 121 cm³/mol. The summed E-state index contributed by atoms with van der Waals surface area (Å²) in [6.45, 7) is 0. The molecule has 0 saturated carbocycles. The van der Waals surface area contributed by atoms with E-state index >= 15 is 0 Å². The molecule has 0 unspecified atom stereocenters. The highest BCUT2D eigenvalue weighted by molar-refractivity contribution is 7.90. The summed E-state index contributed by atoms with van der Waals surface area (Å²) in [6.07, 6.45) is 1.70. The number of hydrogen-bond donors (Lipinski definition) is 0. The van der Waals surface area contributed by atoms with Crippen molar-refractivity contribution >= 4 is 21.4 Å². The predicted octanol–water partition coefficient (Wildman–Crippen LogP) is 5.66. The molecule has 0 N–H and O–H groups in total. The summed E-state index contributed by atoms with van der Waals surface area (Å²) in [5.41, 5.74) is 3.12. The Hall–Kier alpha value is -3.09. The van der Waals surface area contributed by atoms with Gasteiger partial charge in [0.1, 0.15) is 11.4 Å². The first-order chi connectivity index (χ1) is 14.8. The minimum absolute atomic E-state index is 0.245. The fourth-order valence-corrected chi connectivity index (χ4v) is 4.09. The van der Waals surface area contributed by atoms with E-state index in [-0.39, 0.29) is 4.90 Å². The van der Waals surface area contributed by atoms with E-state index in [9.17, 15) is 8.42 Å². The summed E-state index contributed by atoms with van der Waals surface area (Å²) in [6, 6.07) is 21.8. The quantitative estimate of drug-likeness (QED) is 0.376. The van der Waals surface area contributed by atoms with Crippen LogP contribution in [0, 0.1) is 0 Å². The van der Waals surface area contributed by atoms with Gasteiger partial charge in [-0.1, -0.05) is 54.1 Å². The highest BCUT2D eigenvalue weighted by Gasteiger charge is 2.21. The minimum Gasteiger partial charge on any atom is -0.496 e. The highest BCUT2D eigenvalue weighted by Crippen LogP contribution is 2.39. The molecule has 1 aromatic heterocycles. The van der Waals surface area contributed by atoms with Gasteiger partial charge in [0, 0.05) is 23.3 Å². The van der Waals surface area contributed by atoms with E-state index in [0.29, 0.717) is 40.1 Å². The lowest BCUT2D eigenvalue weighted by atomic mass is 10.1. The monoisotopic (exact) mass is 453 g/mol. The van der Waals surface area contributed by atoms with E-state index in [1.165, 1.54) is 6.26 Å². The molecule has 0 amide bonds. The second-order valence-electron chi connectivity index (χ2n) is 7.09. The molecule has 158 valence electrons. The van der Waals surface area contributed by atoms with E-state index in [4.69, 9.17) is 25.7 Å². The maximum Gasteiger partial charge on any atom is 0.199 e. The standard InChI is InChI=1S/C24H20ClNO4S/c1-29-21-15-18(25)10-13-20(21)24-23(17-8-11-19(12-9-17)31(2,27)28)26-22(30-24)14-16-6-4-3-5-7-16/h3-13,15H,14H2,1-2H3. The lowest BCUT2D eigenvalue weighted by Gasteiger charge is -2.08. The summed E-state index contributed by atoms with van der Waals surface area (Å²) in [5, 5.41) is 0.545. The van der Waals surface area contributed by atoms with E-state index in [1.807, 2.05) is 36.4 Å². The summed E-state index contributed by atoms with van der Waals surface area (Å²) in [5.74, 6) is 1.64. The topological polar surface area (TPSA) is 69.4 Å². The first-order valence-electron chi connectivity index (χ1n) is 9.53. The Morgan fingerprint density at radius 2 is 1.71 bits per heavy atom. The van der Waals surface area contributed by atoms with Gasteiger partial charge in [0.2, 0.25) is 0 Å². The number of methoxy groups -OCH3 is 1. The Morgan fingerprint density at radius 3 is 2.35 bits per heavy atom. The normalized spacial score (nSPS) is 11.5. The van der Waals surface area contributed by atoms with E-state index in [0.717, 1.165) is 11.1 Å². The van der Waals surface area contributed by atoms with Crippen LogP contribution in [0.25, 0.3) is 22.6 Å². The van der Waals surface area contributed by atoms with Crippen molar-refractivity contribution in [2.24, 2.45) is 0 Å². The molecule has 1 heterocycles. The summed E-state index contributed by atoms with van der Waals surface area (Å²) in [7, 11) is -1.73. The van der Waals surface area contributed by atoms with Gasteiger partial charge in [0.05, 0.1) is 17.6 Å². The van der Waals surface area contributed by atoms with Crippen molar-refractivity contribution < 1.29 is 17.6 Å². The van der Waals surface area contributed by atoms with Gasteiger partial charge in [0.25, 0.3) is 0 Å². The number of rotatable bonds is 6. The molecule has 0 aliphatic heterocycles. The van der Waals surface area contributed by atoms with E-state index in [1.54, 1.807) is 43.5 Å². The second-order valence-corrected chi connectivity index (χ2v) is 9.54. The SMILES string of the molecule is COc1cc(Cl)ccc1-c1oc(Cc2ccccc2)nc1-c1ccc(S(C)(=O)=O)cc1. The minimum atomic E-state index is -3.29.